The van der Waals surface area contributed by atoms with Crippen LogP contribution < -0.4 is 5.32 Å². The molecular formula is C15H16N6O3S. The molecule has 25 heavy (non-hydrogen) atoms. The number of aryl methyl sites for hydroxylation is 1. The Labute approximate surface area is 144 Å². The quantitative estimate of drug-likeness (QED) is 0.725. The number of anilines is 1. The first-order valence-corrected chi connectivity index (χ1v) is 9.29. The zero-order chi connectivity index (χ0) is 18.0. The number of hydrogen-bond donors (Lipinski definition) is 1. The summed E-state index contributed by atoms with van der Waals surface area (Å²) in [6, 6.07) is 4.92. The van der Waals surface area contributed by atoms with Gasteiger partial charge in [0.1, 0.15) is 28.3 Å². The molecule has 0 aliphatic heterocycles. The molecule has 3 aromatic rings. The smallest absolute Gasteiger partial charge is 0.249 e. The average Bonchev–Trinajstić information content (AvgIpc) is 3.04. The van der Waals surface area contributed by atoms with E-state index >= 15 is 0 Å². The maximum absolute atomic E-state index is 11.9. The normalized spacial score (nSPS) is 12.8. The number of hydrogen-bond acceptors (Lipinski definition) is 9. The fraction of sp³-hybridized carbons (Fsp3) is 0.267. The lowest BCUT2D eigenvalue weighted by Gasteiger charge is -2.13. The number of nitrogens with zero attached hydrogens (tertiary/aromatic N) is 5. The van der Waals surface area contributed by atoms with E-state index in [0.29, 0.717) is 17.3 Å². The van der Waals surface area contributed by atoms with E-state index in [9.17, 15) is 8.42 Å². The van der Waals surface area contributed by atoms with Crippen LogP contribution in [0.4, 0.5) is 5.82 Å². The first-order chi connectivity index (χ1) is 11.8. The Morgan fingerprint density at radius 1 is 1.20 bits per heavy atom. The molecule has 0 amide bonds. The molecule has 0 spiro atoms. The van der Waals surface area contributed by atoms with Crippen LogP contribution in [-0.4, -0.2) is 39.8 Å². The van der Waals surface area contributed by atoms with Crippen molar-refractivity contribution in [2.45, 2.75) is 24.8 Å². The molecule has 3 rings (SSSR count). The SMILES string of the molecule is Cc1ncc(S(C)(=O)=O)c(N[C@@H](C)c2nc(-c3ccccn3)no2)n1. The highest BCUT2D eigenvalue weighted by molar-refractivity contribution is 7.90. The van der Waals surface area contributed by atoms with E-state index in [-0.39, 0.29) is 16.6 Å². The molecule has 0 saturated carbocycles. The minimum Gasteiger partial charge on any atom is -0.357 e. The topological polar surface area (TPSA) is 124 Å². The molecule has 0 bridgehead atoms. The van der Waals surface area contributed by atoms with Crippen LogP contribution in [0.3, 0.4) is 0 Å². The minimum absolute atomic E-state index is 0.00872. The van der Waals surface area contributed by atoms with Gasteiger partial charge in [0, 0.05) is 12.5 Å². The van der Waals surface area contributed by atoms with Crippen molar-refractivity contribution in [3.8, 4) is 11.5 Å². The van der Waals surface area contributed by atoms with Crippen molar-refractivity contribution in [2.75, 3.05) is 11.6 Å². The molecule has 0 radical (unpaired) electrons. The molecule has 1 N–H and O–H groups in total. The summed E-state index contributed by atoms with van der Waals surface area (Å²) < 4.78 is 29.0. The fourth-order valence-corrected chi connectivity index (χ4v) is 2.81. The van der Waals surface area contributed by atoms with Gasteiger partial charge in [-0.05, 0) is 26.0 Å². The number of rotatable bonds is 5. The zero-order valence-corrected chi connectivity index (χ0v) is 14.6. The van der Waals surface area contributed by atoms with Gasteiger partial charge in [-0.25, -0.2) is 18.4 Å². The molecule has 3 aromatic heterocycles. The summed E-state index contributed by atoms with van der Waals surface area (Å²) in [5.74, 6) is 1.28. The van der Waals surface area contributed by atoms with Gasteiger partial charge in [0.25, 0.3) is 0 Å². The lowest BCUT2D eigenvalue weighted by Crippen LogP contribution is -2.13. The van der Waals surface area contributed by atoms with E-state index < -0.39 is 15.9 Å². The summed E-state index contributed by atoms with van der Waals surface area (Å²) in [6.45, 7) is 3.44. The molecule has 10 heteroatoms. The van der Waals surface area contributed by atoms with Crippen molar-refractivity contribution in [2.24, 2.45) is 0 Å². The Kier molecular flexibility index (Phi) is 4.45. The monoisotopic (exact) mass is 360 g/mol. The Hall–Kier alpha value is -2.88. The second-order valence-electron chi connectivity index (χ2n) is 5.44. The van der Waals surface area contributed by atoms with Gasteiger partial charge in [0.15, 0.2) is 9.84 Å². The summed E-state index contributed by atoms with van der Waals surface area (Å²) in [7, 11) is -3.48. The molecule has 0 unspecified atom stereocenters. The highest BCUT2D eigenvalue weighted by Crippen LogP contribution is 2.24. The van der Waals surface area contributed by atoms with Crippen LogP contribution in [0.1, 0.15) is 24.7 Å². The maximum Gasteiger partial charge on any atom is 0.249 e. The number of nitrogens with one attached hydrogen (secondary N) is 1. The van der Waals surface area contributed by atoms with Crippen LogP contribution in [0.5, 0.6) is 0 Å². The highest BCUT2D eigenvalue weighted by atomic mass is 32.2. The van der Waals surface area contributed by atoms with E-state index in [2.05, 4.69) is 30.4 Å². The minimum atomic E-state index is -3.48. The predicted molar refractivity (Wildman–Crippen MR) is 89.4 cm³/mol. The van der Waals surface area contributed by atoms with Gasteiger partial charge in [-0.15, -0.1) is 0 Å². The predicted octanol–water partition coefficient (Wildman–Crippen LogP) is 1.81. The van der Waals surface area contributed by atoms with Crippen LogP contribution in [0.15, 0.2) is 40.0 Å². The highest BCUT2D eigenvalue weighted by Gasteiger charge is 2.21. The lowest BCUT2D eigenvalue weighted by atomic mass is 10.3. The van der Waals surface area contributed by atoms with Gasteiger partial charge in [-0.2, -0.15) is 4.98 Å². The standard InChI is InChI=1S/C15H16N6O3S/c1-9(15-20-13(21-24-15)11-6-4-5-7-16-11)18-14-12(25(3,22)23)8-17-10(2)19-14/h4-9H,1-3H3,(H,17,18,19)/t9-/m0/s1. The van der Waals surface area contributed by atoms with Gasteiger partial charge in [0.05, 0.1) is 6.20 Å². The zero-order valence-electron chi connectivity index (χ0n) is 13.8. The van der Waals surface area contributed by atoms with E-state index in [0.717, 1.165) is 6.26 Å². The largest absolute Gasteiger partial charge is 0.357 e. The second kappa shape index (κ2) is 6.55. The van der Waals surface area contributed by atoms with Crippen molar-refractivity contribution < 1.29 is 12.9 Å². The summed E-state index contributed by atoms with van der Waals surface area (Å²) in [4.78, 5) is 16.6. The molecule has 0 fully saturated rings. The number of aromatic nitrogens is 5. The van der Waals surface area contributed by atoms with Crippen LogP contribution in [0.2, 0.25) is 0 Å². The van der Waals surface area contributed by atoms with Crippen LogP contribution >= 0.6 is 0 Å². The summed E-state index contributed by atoms with van der Waals surface area (Å²) in [5.41, 5.74) is 0.583. The third kappa shape index (κ3) is 3.79. The van der Waals surface area contributed by atoms with Gasteiger partial charge in [0.2, 0.25) is 11.7 Å². The van der Waals surface area contributed by atoms with E-state index in [1.54, 1.807) is 32.2 Å². The Balaban J connectivity index is 1.88. The first kappa shape index (κ1) is 17.0. The van der Waals surface area contributed by atoms with Crippen molar-refractivity contribution in [3.63, 3.8) is 0 Å². The van der Waals surface area contributed by atoms with Crippen molar-refractivity contribution >= 4 is 15.7 Å². The lowest BCUT2D eigenvalue weighted by molar-refractivity contribution is 0.367. The molecule has 130 valence electrons. The Morgan fingerprint density at radius 2 is 2.00 bits per heavy atom. The van der Waals surface area contributed by atoms with E-state index in [1.165, 1.54) is 6.20 Å². The number of pyridine rings is 1. The van der Waals surface area contributed by atoms with Crippen molar-refractivity contribution in [1.82, 2.24) is 25.1 Å². The van der Waals surface area contributed by atoms with E-state index in [4.69, 9.17) is 4.52 Å². The summed E-state index contributed by atoms with van der Waals surface area (Å²) in [6.07, 6.45) is 4.01. The van der Waals surface area contributed by atoms with Crippen LogP contribution in [0, 0.1) is 6.92 Å². The molecule has 0 aromatic carbocycles. The molecule has 1 atom stereocenters. The summed E-state index contributed by atoms with van der Waals surface area (Å²) >= 11 is 0. The first-order valence-electron chi connectivity index (χ1n) is 7.40. The Bertz CT molecular complexity index is 988. The second-order valence-corrected chi connectivity index (χ2v) is 7.42. The number of sulfone groups is 1. The van der Waals surface area contributed by atoms with Crippen molar-refractivity contribution in [3.05, 3.63) is 42.3 Å². The fourth-order valence-electron chi connectivity index (χ4n) is 2.11. The van der Waals surface area contributed by atoms with Crippen LogP contribution in [-0.2, 0) is 9.84 Å². The molecule has 0 saturated heterocycles. The van der Waals surface area contributed by atoms with Crippen molar-refractivity contribution in [1.29, 1.82) is 0 Å². The molecular weight excluding hydrogens is 344 g/mol. The molecule has 3 heterocycles. The molecule has 9 nitrogen and oxygen atoms in total. The van der Waals surface area contributed by atoms with Gasteiger partial charge in [-0.1, -0.05) is 11.2 Å². The van der Waals surface area contributed by atoms with Gasteiger partial charge >= 0.3 is 0 Å². The third-order valence-electron chi connectivity index (χ3n) is 3.33. The Morgan fingerprint density at radius 3 is 2.68 bits per heavy atom. The molecule has 0 aliphatic rings. The van der Waals surface area contributed by atoms with Gasteiger partial charge in [-0.3, -0.25) is 4.98 Å². The maximum atomic E-state index is 11.9. The van der Waals surface area contributed by atoms with Gasteiger partial charge < -0.3 is 9.84 Å². The molecule has 0 aliphatic carbocycles. The van der Waals surface area contributed by atoms with Crippen LogP contribution in [0.25, 0.3) is 11.5 Å². The third-order valence-corrected chi connectivity index (χ3v) is 4.43. The average molecular weight is 360 g/mol. The summed E-state index contributed by atoms with van der Waals surface area (Å²) in [5, 5.41) is 6.89. The van der Waals surface area contributed by atoms with E-state index in [1.807, 2.05) is 6.07 Å².